The molecule has 0 aromatic heterocycles. The Labute approximate surface area is 73.9 Å². The van der Waals surface area contributed by atoms with Gasteiger partial charge in [-0.2, -0.15) is 0 Å². The Morgan fingerprint density at radius 3 is 2.83 bits per heavy atom. The Morgan fingerprint density at radius 2 is 2.25 bits per heavy atom. The predicted octanol–water partition coefficient (Wildman–Crippen LogP) is 0.513. The van der Waals surface area contributed by atoms with Crippen molar-refractivity contribution in [3.8, 4) is 0 Å². The quantitative estimate of drug-likeness (QED) is 0.552. The lowest BCUT2D eigenvalue weighted by Gasteiger charge is -2.09. The summed E-state index contributed by atoms with van der Waals surface area (Å²) < 4.78 is 5.36. The van der Waals surface area contributed by atoms with Crippen LogP contribution in [0.5, 0.6) is 0 Å². The second kappa shape index (κ2) is 5.51. The lowest BCUT2D eigenvalue weighted by atomic mass is 10.2. The van der Waals surface area contributed by atoms with Crippen LogP contribution >= 0.6 is 0 Å². The first-order chi connectivity index (χ1) is 5.83. The van der Waals surface area contributed by atoms with Gasteiger partial charge in [0.2, 0.25) is 0 Å². The molecule has 1 atom stereocenters. The lowest BCUT2D eigenvalue weighted by Crippen LogP contribution is -2.27. The molecule has 3 N–H and O–H groups in total. The second-order valence-corrected chi connectivity index (χ2v) is 3.58. The van der Waals surface area contributed by atoms with Crippen molar-refractivity contribution in [1.82, 2.24) is 0 Å². The minimum atomic E-state index is 0.00852. The van der Waals surface area contributed by atoms with E-state index in [0.717, 1.165) is 12.5 Å². The third kappa shape index (κ3) is 4.70. The summed E-state index contributed by atoms with van der Waals surface area (Å²) in [6, 6.07) is 0.00852. The monoisotopic (exact) mass is 173 g/mol. The molecule has 1 rings (SSSR count). The Kier molecular flexibility index (Phi) is 4.58. The SMILES string of the molecule is NC(CCO)COCCC1CC1. The smallest absolute Gasteiger partial charge is 0.0618 e. The highest BCUT2D eigenvalue weighted by molar-refractivity contribution is 4.72. The maximum absolute atomic E-state index is 8.56. The van der Waals surface area contributed by atoms with E-state index >= 15 is 0 Å². The van der Waals surface area contributed by atoms with Crippen molar-refractivity contribution in [2.24, 2.45) is 11.7 Å². The first-order valence-corrected chi connectivity index (χ1v) is 4.77. The molecule has 0 aliphatic heterocycles. The van der Waals surface area contributed by atoms with E-state index in [1.807, 2.05) is 0 Å². The molecule has 0 aromatic rings. The molecule has 1 aliphatic carbocycles. The normalized spacial score (nSPS) is 19.5. The first kappa shape index (κ1) is 9.96. The number of hydrogen-bond acceptors (Lipinski definition) is 3. The molecule has 1 fully saturated rings. The van der Waals surface area contributed by atoms with E-state index in [-0.39, 0.29) is 12.6 Å². The van der Waals surface area contributed by atoms with Gasteiger partial charge in [-0.15, -0.1) is 0 Å². The van der Waals surface area contributed by atoms with E-state index in [0.29, 0.717) is 13.0 Å². The van der Waals surface area contributed by atoms with E-state index in [9.17, 15) is 0 Å². The molecule has 3 nitrogen and oxygen atoms in total. The fourth-order valence-corrected chi connectivity index (χ4v) is 1.14. The molecular formula is C9H19NO2. The average molecular weight is 173 g/mol. The van der Waals surface area contributed by atoms with Gasteiger partial charge in [0.15, 0.2) is 0 Å². The molecule has 1 aliphatic rings. The van der Waals surface area contributed by atoms with Crippen molar-refractivity contribution in [1.29, 1.82) is 0 Å². The minimum absolute atomic E-state index is 0.00852. The molecule has 0 amide bonds. The molecule has 72 valence electrons. The van der Waals surface area contributed by atoms with Gasteiger partial charge in [-0.05, 0) is 18.8 Å². The number of aliphatic hydroxyl groups is 1. The summed E-state index contributed by atoms with van der Waals surface area (Å²) in [5, 5.41) is 8.56. The fraction of sp³-hybridized carbons (Fsp3) is 1.00. The van der Waals surface area contributed by atoms with Crippen LogP contribution in [0.25, 0.3) is 0 Å². The van der Waals surface area contributed by atoms with Crippen LogP contribution in [0.1, 0.15) is 25.7 Å². The van der Waals surface area contributed by atoms with Gasteiger partial charge in [-0.25, -0.2) is 0 Å². The zero-order valence-corrected chi connectivity index (χ0v) is 7.54. The number of nitrogens with two attached hydrogens (primary N) is 1. The van der Waals surface area contributed by atoms with Crippen molar-refractivity contribution < 1.29 is 9.84 Å². The van der Waals surface area contributed by atoms with Gasteiger partial charge >= 0.3 is 0 Å². The van der Waals surface area contributed by atoms with Crippen molar-refractivity contribution in [3.63, 3.8) is 0 Å². The second-order valence-electron chi connectivity index (χ2n) is 3.58. The largest absolute Gasteiger partial charge is 0.396 e. The molecule has 3 heteroatoms. The third-order valence-electron chi connectivity index (χ3n) is 2.20. The first-order valence-electron chi connectivity index (χ1n) is 4.77. The molecule has 0 aromatic carbocycles. The van der Waals surface area contributed by atoms with Crippen molar-refractivity contribution in [2.75, 3.05) is 19.8 Å². The summed E-state index contributed by atoms with van der Waals surface area (Å²) in [5.41, 5.74) is 5.63. The van der Waals surface area contributed by atoms with Crippen LogP contribution in [0.3, 0.4) is 0 Å². The zero-order chi connectivity index (χ0) is 8.81. The maximum Gasteiger partial charge on any atom is 0.0618 e. The summed E-state index contributed by atoms with van der Waals surface area (Å²) in [5.74, 6) is 0.930. The van der Waals surface area contributed by atoms with E-state index in [2.05, 4.69) is 0 Å². The molecule has 12 heavy (non-hydrogen) atoms. The standard InChI is InChI=1S/C9H19NO2/c10-9(3-5-11)7-12-6-4-8-1-2-8/h8-9,11H,1-7,10H2. The number of aliphatic hydroxyl groups excluding tert-OH is 1. The highest BCUT2D eigenvalue weighted by atomic mass is 16.5. The van der Waals surface area contributed by atoms with E-state index < -0.39 is 0 Å². The highest BCUT2D eigenvalue weighted by Crippen LogP contribution is 2.31. The van der Waals surface area contributed by atoms with Crippen molar-refractivity contribution in [3.05, 3.63) is 0 Å². The summed E-state index contributed by atoms with van der Waals surface area (Å²) in [6.45, 7) is 1.59. The molecule has 1 saturated carbocycles. The molecule has 0 spiro atoms. The topological polar surface area (TPSA) is 55.5 Å². The third-order valence-corrected chi connectivity index (χ3v) is 2.20. The van der Waals surface area contributed by atoms with Crippen LogP contribution in [-0.2, 0) is 4.74 Å². The van der Waals surface area contributed by atoms with Crippen LogP contribution < -0.4 is 5.73 Å². The Balaban J connectivity index is 1.80. The summed E-state index contributed by atoms with van der Waals surface area (Å²) in [6.07, 6.45) is 4.59. The predicted molar refractivity (Wildman–Crippen MR) is 47.8 cm³/mol. The molecule has 0 radical (unpaired) electrons. The molecule has 1 unspecified atom stereocenters. The van der Waals surface area contributed by atoms with Gasteiger partial charge < -0.3 is 15.6 Å². The van der Waals surface area contributed by atoms with Gasteiger partial charge in [0, 0.05) is 19.3 Å². The molecule has 0 bridgehead atoms. The number of ether oxygens (including phenoxy) is 1. The van der Waals surface area contributed by atoms with E-state index in [4.69, 9.17) is 15.6 Å². The lowest BCUT2D eigenvalue weighted by molar-refractivity contribution is 0.107. The van der Waals surface area contributed by atoms with Crippen LogP contribution in [0.2, 0.25) is 0 Å². The van der Waals surface area contributed by atoms with Crippen molar-refractivity contribution in [2.45, 2.75) is 31.7 Å². The van der Waals surface area contributed by atoms with Gasteiger partial charge in [0.1, 0.15) is 0 Å². The molecular weight excluding hydrogens is 154 g/mol. The van der Waals surface area contributed by atoms with Crippen LogP contribution in [0, 0.1) is 5.92 Å². The summed E-state index contributed by atoms with van der Waals surface area (Å²) >= 11 is 0. The van der Waals surface area contributed by atoms with Crippen LogP contribution in [-0.4, -0.2) is 31.0 Å². The van der Waals surface area contributed by atoms with Gasteiger partial charge in [-0.1, -0.05) is 12.8 Å². The van der Waals surface area contributed by atoms with E-state index in [1.54, 1.807) is 0 Å². The molecule has 0 saturated heterocycles. The Hall–Kier alpha value is -0.120. The van der Waals surface area contributed by atoms with Gasteiger partial charge in [-0.3, -0.25) is 0 Å². The van der Waals surface area contributed by atoms with Crippen LogP contribution in [0.4, 0.5) is 0 Å². The Bertz CT molecular complexity index is 115. The average Bonchev–Trinajstić information content (AvgIpc) is 2.82. The molecule has 0 heterocycles. The fourth-order valence-electron chi connectivity index (χ4n) is 1.14. The zero-order valence-electron chi connectivity index (χ0n) is 7.54. The van der Waals surface area contributed by atoms with Crippen LogP contribution in [0.15, 0.2) is 0 Å². The van der Waals surface area contributed by atoms with Gasteiger partial charge in [0.05, 0.1) is 6.61 Å². The Morgan fingerprint density at radius 1 is 1.50 bits per heavy atom. The highest BCUT2D eigenvalue weighted by Gasteiger charge is 2.20. The van der Waals surface area contributed by atoms with Crippen molar-refractivity contribution >= 4 is 0 Å². The van der Waals surface area contributed by atoms with Gasteiger partial charge in [0.25, 0.3) is 0 Å². The summed E-state index contributed by atoms with van der Waals surface area (Å²) in [7, 11) is 0. The minimum Gasteiger partial charge on any atom is -0.396 e. The maximum atomic E-state index is 8.56. The summed E-state index contributed by atoms with van der Waals surface area (Å²) in [4.78, 5) is 0. The number of rotatable bonds is 7. The number of hydrogen-bond donors (Lipinski definition) is 2. The van der Waals surface area contributed by atoms with E-state index in [1.165, 1.54) is 19.3 Å².